The Balaban J connectivity index is 1.83. The first-order valence-corrected chi connectivity index (χ1v) is 8.16. The quantitative estimate of drug-likeness (QED) is 0.685. The third-order valence-electron chi connectivity index (χ3n) is 4.30. The van der Waals surface area contributed by atoms with E-state index in [4.69, 9.17) is 0 Å². The summed E-state index contributed by atoms with van der Waals surface area (Å²) in [5.41, 5.74) is 4.19. The number of amides is 1. The van der Waals surface area contributed by atoms with Crippen molar-refractivity contribution in [3.63, 3.8) is 0 Å². The van der Waals surface area contributed by atoms with Crippen molar-refractivity contribution < 1.29 is 9.59 Å². The second-order valence-electron chi connectivity index (χ2n) is 6.28. The van der Waals surface area contributed by atoms with Crippen molar-refractivity contribution in [2.24, 2.45) is 0 Å². The number of Topliss-reactive ketones (excluding diaryl/α,β-unsaturated/α-hetero) is 1. The van der Waals surface area contributed by atoms with Crippen molar-refractivity contribution in [3.8, 4) is 11.4 Å². The first kappa shape index (κ1) is 17.5. The molecule has 0 aliphatic carbocycles. The van der Waals surface area contributed by atoms with E-state index in [0.29, 0.717) is 34.9 Å². The number of carbonyl (C=O) groups excluding carboxylic acids is 2. The highest BCUT2D eigenvalue weighted by atomic mass is 16.2. The lowest BCUT2D eigenvalue weighted by Gasteiger charge is -2.18. The number of aromatic nitrogens is 5. The zero-order chi connectivity index (χ0) is 18.8. The van der Waals surface area contributed by atoms with E-state index in [-0.39, 0.29) is 11.7 Å². The molecule has 0 fully saturated rings. The number of ketones is 1. The molecule has 1 amide bonds. The minimum Gasteiger partial charge on any atom is -0.355 e. The molecule has 0 saturated heterocycles. The Hall–Kier alpha value is -3.29. The molecule has 0 radical (unpaired) electrons. The van der Waals surface area contributed by atoms with E-state index in [9.17, 15) is 9.59 Å². The number of benzene rings is 1. The van der Waals surface area contributed by atoms with E-state index in [2.05, 4.69) is 25.6 Å². The molecule has 2 N–H and O–H groups in total. The molecule has 1 aromatic carbocycles. The summed E-state index contributed by atoms with van der Waals surface area (Å²) in [4.78, 5) is 29.2. The van der Waals surface area contributed by atoms with Crippen LogP contribution in [0.4, 0.5) is 0 Å². The van der Waals surface area contributed by atoms with Crippen molar-refractivity contribution >= 4 is 11.7 Å². The summed E-state index contributed by atoms with van der Waals surface area (Å²) in [5, 5.41) is 13.9. The fraction of sp³-hybridized carbons (Fsp3) is 0.278. The summed E-state index contributed by atoms with van der Waals surface area (Å²) in [6.07, 6.45) is 0. The first-order chi connectivity index (χ1) is 12.4. The third-order valence-corrected chi connectivity index (χ3v) is 4.30. The van der Waals surface area contributed by atoms with E-state index in [1.54, 1.807) is 25.8 Å². The highest BCUT2D eigenvalue weighted by Gasteiger charge is 2.22. The zero-order valence-electron chi connectivity index (χ0n) is 15.1. The Morgan fingerprint density at radius 1 is 1.23 bits per heavy atom. The summed E-state index contributed by atoms with van der Waals surface area (Å²) < 4.78 is 0. The molecule has 134 valence electrons. The van der Waals surface area contributed by atoms with Crippen LogP contribution in [0.25, 0.3) is 11.4 Å². The number of nitrogens with one attached hydrogen (secondary N) is 2. The van der Waals surface area contributed by atoms with Gasteiger partial charge < -0.3 is 9.88 Å². The first-order valence-electron chi connectivity index (χ1n) is 8.16. The monoisotopic (exact) mass is 352 g/mol. The van der Waals surface area contributed by atoms with Crippen molar-refractivity contribution in [1.82, 2.24) is 30.5 Å². The van der Waals surface area contributed by atoms with Gasteiger partial charge in [0.1, 0.15) is 0 Å². The maximum absolute atomic E-state index is 12.9. The fourth-order valence-corrected chi connectivity index (χ4v) is 3.05. The van der Waals surface area contributed by atoms with Gasteiger partial charge in [-0.15, -0.1) is 10.2 Å². The standard InChI is InChI=1S/C18H20N6O2/c1-10-15(11(2)19-16(10)12(3)25)18(26)24(4)9-13-6-5-7-14(8-13)17-20-22-23-21-17/h5-8,19H,9H2,1-4H3,(H,20,21,22,23). The van der Waals surface area contributed by atoms with Gasteiger partial charge in [-0.1, -0.05) is 18.2 Å². The summed E-state index contributed by atoms with van der Waals surface area (Å²) in [7, 11) is 1.74. The maximum Gasteiger partial charge on any atom is 0.256 e. The highest BCUT2D eigenvalue weighted by Crippen LogP contribution is 2.21. The number of carbonyl (C=O) groups is 2. The Bertz CT molecular complexity index is 958. The van der Waals surface area contributed by atoms with Crippen LogP contribution in [0, 0.1) is 13.8 Å². The largest absolute Gasteiger partial charge is 0.355 e. The van der Waals surface area contributed by atoms with Crippen molar-refractivity contribution in [2.45, 2.75) is 27.3 Å². The van der Waals surface area contributed by atoms with Crippen molar-refractivity contribution in [2.75, 3.05) is 7.05 Å². The van der Waals surface area contributed by atoms with Gasteiger partial charge in [-0.2, -0.15) is 5.21 Å². The van der Waals surface area contributed by atoms with Crippen LogP contribution < -0.4 is 0 Å². The average Bonchev–Trinajstić information content (AvgIpc) is 3.23. The number of hydrogen-bond donors (Lipinski definition) is 2. The highest BCUT2D eigenvalue weighted by molar-refractivity contribution is 6.02. The minimum absolute atomic E-state index is 0.0832. The predicted molar refractivity (Wildman–Crippen MR) is 95.7 cm³/mol. The van der Waals surface area contributed by atoms with Crippen LogP contribution in [0.5, 0.6) is 0 Å². The molecular weight excluding hydrogens is 332 g/mol. The second-order valence-corrected chi connectivity index (χ2v) is 6.28. The van der Waals surface area contributed by atoms with Crippen LogP contribution in [-0.4, -0.2) is 49.2 Å². The summed E-state index contributed by atoms with van der Waals surface area (Å²) in [6, 6.07) is 7.63. The van der Waals surface area contributed by atoms with Crippen LogP contribution in [-0.2, 0) is 6.54 Å². The molecule has 8 nitrogen and oxygen atoms in total. The Labute approximate surface area is 150 Å². The van der Waals surface area contributed by atoms with Gasteiger partial charge in [0.15, 0.2) is 5.78 Å². The van der Waals surface area contributed by atoms with Crippen LogP contribution in [0.3, 0.4) is 0 Å². The van der Waals surface area contributed by atoms with Crippen molar-refractivity contribution in [1.29, 1.82) is 0 Å². The SMILES string of the molecule is CC(=O)c1[nH]c(C)c(C(=O)N(C)Cc2cccc(-c3nn[nH]n3)c2)c1C. The number of hydrogen-bond acceptors (Lipinski definition) is 5. The molecule has 3 rings (SSSR count). The van der Waals surface area contributed by atoms with E-state index in [1.165, 1.54) is 6.92 Å². The number of H-pyrrole nitrogens is 2. The molecule has 2 heterocycles. The van der Waals surface area contributed by atoms with Gasteiger partial charge in [-0.3, -0.25) is 9.59 Å². The zero-order valence-corrected chi connectivity index (χ0v) is 15.1. The van der Waals surface area contributed by atoms with E-state index < -0.39 is 0 Å². The van der Waals surface area contributed by atoms with Crippen LogP contribution in [0.2, 0.25) is 0 Å². The van der Waals surface area contributed by atoms with Crippen LogP contribution >= 0.6 is 0 Å². The van der Waals surface area contributed by atoms with Gasteiger partial charge in [-0.05, 0) is 36.3 Å². The molecule has 0 spiro atoms. The molecule has 0 saturated carbocycles. The van der Waals surface area contributed by atoms with Gasteiger partial charge in [0, 0.05) is 31.8 Å². The maximum atomic E-state index is 12.9. The van der Waals surface area contributed by atoms with Gasteiger partial charge in [0.25, 0.3) is 5.91 Å². The van der Waals surface area contributed by atoms with Gasteiger partial charge in [-0.25, -0.2) is 0 Å². The number of rotatable bonds is 5. The predicted octanol–water partition coefficient (Wildman–Crippen LogP) is 2.29. The lowest BCUT2D eigenvalue weighted by molar-refractivity contribution is 0.0784. The molecule has 0 aliphatic heterocycles. The summed E-state index contributed by atoms with van der Waals surface area (Å²) in [5.74, 6) is 0.290. The second kappa shape index (κ2) is 6.91. The number of nitrogens with zero attached hydrogens (tertiary/aromatic N) is 4. The fourth-order valence-electron chi connectivity index (χ4n) is 3.05. The number of tetrazole rings is 1. The molecule has 26 heavy (non-hydrogen) atoms. The Kier molecular flexibility index (Phi) is 4.66. The molecule has 3 aromatic rings. The average molecular weight is 352 g/mol. The summed E-state index contributed by atoms with van der Waals surface area (Å²) in [6.45, 7) is 5.50. The number of aryl methyl sites for hydroxylation is 1. The lowest BCUT2D eigenvalue weighted by atomic mass is 10.1. The topological polar surface area (TPSA) is 108 Å². The smallest absolute Gasteiger partial charge is 0.256 e. The molecule has 0 unspecified atom stereocenters. The normalized spacial score (nSPS) is 10.8. The molecule has 0 atom stereocenters. The van der Waals surface area contributed by atoms with E-state index in [0.717, 1.165) is 11.1 Å². The molecule has 0 bridgehead atoms. The van der Waals surface area contributed by atoms with Crippen molar-refractivity contribution in [3.05, 3.63) is 52.3 Å². The van der Waals surface area contributed by atoms with Gasteiger partial charge in [0.05, 0.1) is 11.3 Å². The number of aromatic amines is 2. The minimum atomic E-state index is -0.131. The van der Waals surface area contributed by atoms with E-state index in [1.807, 2.05) is 24.3 Å². The van der Waals surface area contributed by atoms with Crippen LogP contribution in [0.15, 0.2) is 24.3 Å². The third kappa shape index (κ3) is 3.26. The Morgan fingerprint density at radius 3 is 2.62 bits per heavy atom. The lowest BCUT2D eigenvalue weighted by Crippen LogP contribution is -2.27. The van der Waals surface area contributed by atoms with Gasteiger partial charge in [0.2, 0.25) is 5.82 Å². The molecule has 0 aliphatic rings. The van der Waals surface area contributed by atoms with Gasteiger partial charge >= 0.3 is 0 Å². The Morgan fingerprint density at radius 2 is 2.00 bits per heavy atom. The molecular formula is C18H20N6O2. The van der Waals surface area contributed by atoms with Crippen LogP contribution in [0.1, 0.15) is 44.6 Å². The molecule has 2 aromatic heterocycles. The summed E-state index contributed by atoms with van der Waals surface area (Å²) >= 11 is 0. The molecule has 8 heteroatoms. The van der Waals surface area contributed by atoms with E-state index >= 15 is 0 Å².